The van der Waals surface area contributed by atoms with Crippen molar-refractivity contribution in [3.05, 3.63) is 71.3 Å². The van der Waals surface area contributed by atoms with E-state index in [1.165, 1.54) is 49.8 Å². The first kappa shape index (κ1) is 37.3. The second-order valence-corrected chi connectivity index (χ2v) is 9.85. The summed E-state index contributed by atoms with van der Waals surface area (Å²) in [6, 6.07) is 10.6. The van der Waals surface area contributed by atoms with Gasteiger partial charge >= 0.3 is 0 Å². The largest absolute Gasteiger partial charge is 0.300 e. The fourth-order valence-electron chi connectivity index (χ4n) is 3.14. The lowest BCUT2D eigenvalue weighted by Gasteiger charge is -2.26. The lowest BCUT2D eigenvalue weighted by Crippen LogP contribution is -2.17. The van der Waals surface area contributed by atoms with Gasteiger partial charge in [0, 0.05) is 5.57 Å². The van der Waals surface area contributed by atoms with Crippen LogP contribution >= 0.6 is 0 Å². The molecule has 0 fully saturated rings. The number of carbonyl (C=O) groups excluding carboxylic acids is 2. The molecule has 2 nitrogen and oxygen atoms in total. The molecule has 0 aromatic heterocycles. The molecule has 1 atom stereocenters. The standard InChI is InChI=1S/C21H28O.C7H16.C3H6O.C2H6/c1-7-18(17(4)22)15-19(16(2)3)13-14-21(5,6)20-11-9-8-10-12-20;1-4-6-7(3)5-2;1-3(2)4;1-2/h7-12,15H,1,13-14H2,2-6H3;7H,4-6H2,1-3H3;1-2H3;1-2H3/b18-15+;;;/t;7-;;/m.1../s1. The zero-order valence-corrected chi connectivity index (χ0v) is 25.2. The molecule has 35 heavy (non-hydrogen) atoms. The van der Waals surface area contributed by atoms with E-state index in [1.807, 2.05) is 26.0 Å². The Morgan fingerprint density at radius 1 is 0.971 bits per heavy atom. The molecule has 0 amide bonds. The Hall–Kier alpha value is -2.22. The lowest BCUT2D eigenvalue weighted by atomic mass is 9.79. The molecule has 0 aliphatic rings. The summed E-state index contributed by atoms with van der Waals surface area (Å²) in [6.07, 6.45) is 9.71. The first-order valence-electron chi connectivity index (χ1n) is 13.4. The first-order valence-corrected chi connectivity index (χ1v) is 13.4. The number of benzene rings is 1. The second kappa shape index (κ2) is 22.3. The predicted molar refractivity (Wildman–Crippen MR) is 158 cm³/mol. The third-order valence-electron chi connectivity index (χ3n) is 5.65. The van der Waals surface area contributed by atoms with Crippen molar-refractivity contribution in [1.29, 1.82) is 0 Å². The van der Waals surface area contributed by atoms with Gasteiger partial charge in [-0.05, 0) is 76.0 Å². The third kappa shape index (κ3) is 20.8. The highest BCUT2D eigenvalue weighted by Crippen LogP contribution is 2.31. The quantitative estimate of drug-likeness (QED) is 0.244. The molecule has 0 aliphatic carbocycles. The summed E-state index contributed by atoms with van der Waals surface area (Å²) in [5.74, 6) is 1.18. The van der Waals surface area contributed by atoms with Crippen molar-refractivity contribution < 1.29 is 9.59 Å². The fourth-order valence-corrected chi connectivity index (χ4v) is 3.14. The number of hydrogen-bond donors (Lipinski definition) is 0. The van der Waals surface area contributed by atoms with E-state index >= 15 is 0 Å². The monoisotopic (exact) mass is 484 g/mol. The topological polar surface area (TPSA) is 34.1 Å². The molecule has 0 unspecified atom stereocenters. The summed E-state index contributed by atoms with van der Waals surface area (Å²) in [4.78, 5) is 21.0. The molecule has 1 aromatic rings. The average Bonchev–Trinajstić information content (AvgIpc) is 2.80. The maximum Gasteiger partial charge on any atom is 0.159 e. The lowest BCUT2D eigenvalue weighted by molar-refractivity contribution is -0.115. The van der Waals surface area contributed by atoms with E-state index in [2.05, 4.69) is 79.3 Å². The maximum absolute atomic E-state index is 11.6. The van der Waals surface area contributed by atoms with Gasteiger partial charge in [0.1, 0.15) is 5.78 Å². The Morgan fingerprint density at radius 3 is 1.77 bits per heavy atom. The molecule has 0 heterocycles. The number of Topliss-reactive ketones (excluding diaryl/α,β-unsaturated/α-hetero) is 2. The van der Waals surface area contributed by atoms with Crippen LogP contribution in [0.2, 0.25) is 0 Å². The Bertz CT molecular complexity index is 756. The van der Waals surface area contributed by atoms with E-state index in [4.69, 9.17) is 0 Å². The minimum Gasteiger partial charge on any atom is -0.300 e. The summed E-state index contributed by atoms with van der Waals surface area (Å²) in [5.41, 5.74) is 4.63. The molecular weight excluding hydrogens is 428 g/mol. The summed E-state index contributed by atoms with van der Waals surface area (Å²) in [7, 11) is 0. The molecule has 200 valence electrons. The molecule has 2 heteroatoms. The van der Waals surface area contributed by atoms with Crippen molar-refractivity contribution in [3.8, 4) is 0 Å². The second-order valence-electron chi connectivity index (χ2n) is 9.85. The Balaban J connectivity index is -0.000000651. The van der Waals surface area contributed by atoms with Gasteiger partial charge in [0.25, 0.3) is 0 Å². The predicted octanol–water partition coefficient (Wildman–Crippen LogP) is 10.2. The van der Waals surface area contributed by atoms with Crippen LogP contribution in [0.15, 0.2) is 65.8 Å². The van der Waals surface area contributed by atoms with Crippen molar-refractivity contribution in [2.75, 3.05) is 0 Å². The molecule has 0 bridgehead atoms. The van der Waals surface area contributed by atoms with Gasteiger partial charge < -0.3 is 4.79 Å². The van der Waals surface area contributed by atoms with E-state index in [0.717, 1.165) is 18.8 Å². The van der Waals surface area contributed by atoms with Gasteiger partial charge in [-0.2, -0.15) is 0 Å². The molecule has 0 radical (unpaired) electrons. The molecule has 0 saturated carbocycles. The van der Waals surface area contributed by atoms with Crippen LogP contribution in [0.5, 0.6) is 0 Å². The van der Waals surface area contributed by atoms with Crippen LogP contribution < -0.4 is 0 Å². The van der Waals surface area contributed by atoms with Crippen LogP contribution in [-0.4, -0.2) is 11.6 Å². The zero-order valence-electron chi connectivity index (χ0n) is 25.2. The Labute approximate surface area is 219 Å². The molecule has 0 aliphatic heterocycles. The van der Waals surface area contributed by atoms with E-state index in [9.17, 15) is 9.59 Å². The van der Waals surface area contributed by atoms with Crippen LogP contribution in [-0.2, 0) is 15.0 Å². The number of hydrogen-bond acceptors (Lipinski definition) is 2. The molecule has 1 aromatic carbocycles. The molecular formula is C33H56O2. The van der Waals surface area contributed by atoms with E-state index < -0.39 is 0 Å². The first-order chi connectivity index (χ1) is 16.3. The van der Waals surface area contributed by atoms with Crippen LogP contribution in [0, 0.1) is 5.92 Å². The van der Waals surface area contributed by atoms with Crippen molar-refractivity contribution in [2.45, 2.75) is 121 Å². The Morgan fingerprint density at radius 2 is 1.46 bits per heavy atom. The highest BCUT2D eigenvalue weighted by Gasteiger charge is 2.20. The number of carbonyl (C=O) groups is 2. The third-order valence-corrected chi connectivity index (χ3v) is 5.65. The maximum atomic E-state index is 11.6. The van der Waals surface area contributed by atoms with Crippen LogP contribution in [0.25, 0.3) is 0 Å². The summed E-state index contributed by atoms with van der Waals surface area (Å²) < 4.78 is 0. The van der Waals surface area contributed by atoms with Crippen LogP contribution in [0.4, 0.5) is 0 Å². The molecule has 1 rings (SSSR count). The van der Waals surface area contributed by atoms with E-state index in [-0.39, 0.29) is 17.0 Å². The van der Waals surface area contributed by atoms with Crippen LogP contribution in [0.3, 0.4) is 0 Å². The summed E-state index contributed by atoms with van der Waals surface area (Å²) in [6.45, 7) is 27.9. The minimum atomic E-state index is 0.0658. The van der Waals surface area contributed by atoms with Crippen molar-refractivity contribution in [3.63, 3.8) is 0 Å². The molecule has 0 N–H and O–H groups in total. The number of allylic oxidation sites excluding steroid dienone is 5. The van der Waals surface area contributed by atoms with Gasteiger partial charge in [-0.3, -0.25) is 4.79 Å². The van der Waals surface area contributed by atoms with E-state index in [1.54, 1.807) is 13.0 Å². The number of rotatable bonds is 10. The van der Waals surface area contributed by atoms with Gasteiger partial charge in [0.05, 0.1) is 0 Å². The van der Waals surface area contributed by atoms with Gasteiger partial charge in [-0.15, -0.1) is 0 Å². The number of ketones is 2. The van der Waals surface area contributed by atoms with Crippen molar-refractivity contribution in [2.24, 2.45) is 5.92 Å². The zero-order chi connectivity index (χ0) is 28.0. The molecule has 0 saturated heterocycles. The SMILES string of the molecule is C=C/C(=C\C(CCC(C)(C)c1ccccc1)=C(C)C)C(C)=O.CC.CC(C)=O.CCC[C@H](C)CC. The highest BCUT2D eigenvalue weighted by atomic mass is 16.1. The van der Waals surface area contributed by atoms with Gasteiger partial charge in [-0.25, -0.2) is 0 Å². The van der Waals surface area contributed by atoms with Gasteiger partial charge in [0.15, 0.2) is 5.78 Å². The van der Waals surface area contributed by atoms with Crippen molar-refractivity contribution in [1.82, 2.24) is 0 Å². The summed E-state index contributed by atoms with van der Waals surface area (Å²) >= 11 is 0. The van der Waals surface area contributed by atoms with Crippen LogP contribution in [0.1, 0.15) is 121 Å². The Kier molecular flexibility index (Phi) is 23.7. The fraction of sp³-hybridized carbons (Fsp3) is 0.576. The van der Waals surface area contributed by atoms with E-state index in [0.29, 0.717) is 5.57 Å². The smallest absolute Gasteiger partial charge is 0.159 e. The van der Waals surface area contributed by atoms with Crippen molar-refractivity contribution >= 4 is 11.6 Å². The van der Waals surface area contributed by atoms with Gasteiger partial charge in [-0.1, -0.05) is 116 Å². The summed E-state index contributed by atoms with van der Waals surface area (Å²) in [5, 5.41) is 0. The normalized spacial score (nSPS) is 11.3. The van der Waals surface area contributed by atoms with Gasteiger partial charge in [0.2, 0.25) is 0 Å². The minimum absolute atomic E-state index is 0.0658. The average molecular weight is 485 g/mol. The highest BCUT2D eigenvalue weighted by molar-refractivity contribution is 5.96. The molecule has 0 spiro atoms.